The highest BCUT2D eigenvalue weighted by atomic mass is 32.1. The summed E-state index contributed by atoms with van der Waals surface area (Å²) in [5.41, 5.74) is 3.39. The maximum atomic E-state index is 11.1. The molecule has 128 valence electrons. The third-order valence-electron chi connectivity index (χ3n) is 3.38. The number of rotatable bonds is 6. The number of hydrogen-bond acceptors (Lipinski definition) is 7. The van der Waals surface area contributed by atoms with Crippen LogP contribution < -0.4 is 10.1 Å². The van der Waals surface area contributed by atoms with Crippen LogP contribution in [-0.2, 0) is 6.61 Å². The Balaban J connectivity index is 1.66. The largest absolute Gasteiger partial charge is 0.479 e. The Bertz CT molecular complexity index is 893. The summed E-state index contributed by atoms with van der Waals surface area (Å²) in [6.45, 7) is 3.86. The minimum Gasteiger partial charge on any atom is -0.479 e. The van der Waals surface area contributed by atoms with Crippen molar-refractivity contribution in [2.24, 2.45) is 0 Å². The van der Waals surface area contributed by atoms with Gasteiger partial charge in [-0.2, -0.15) is 0 Å². The van der Waals surface area contributed by atoms with Gasteiger partial charge in [0.05, 0.1) is 5.69 Å². The van der Waals surface area contributed by atoms with Crippen LogP contribution in [0.25, 0.3) is 0 Å². The van der Waals surface area contributed by atoms with Crippen LogP contribution in [0.15, 0.2) is 41.8 Å². The van der Waals surface area contributed by atoms with Gasteiger partial charge in [0, 0.05) is 18.0 Å². The lowest BCUT2D eigenvalue weighted by Crippen LogP contribution is -2.02. The normalized spacial score (nSPS) is 10.5. The summed E-state index contributed by atoms with van der Waals surface area (Å²) in [5.74, 6) is -0.148. The highest BCUT2D eigenvalue weighted by Crippen LogP contribution is 2.26. The summed E-state index contributed by atoms with van der Waals surface area (Å²) in [7, 11) is 0. The second-order valence-corrected chi connectivity index (χ2v) is 6.31. The minimum atomic E-state index is -0.548. The minimum absolute atomic E-state index is 0.136. The number of ether oxygens (including phenoxy) is 1. The summed E-state index contributed by atoms with van der Waals surface area (Å²) < 4.78 is 5.53. The Kier molecular flexibility index (Phi) is 4.90. The van der Waals surface area contributed by atoms with E-state index in [1.165, 1.54) is 16.9 Å². The summed E-state index contributed by atoms with van der Waals surface area (Å²) in [6, 6.07) is 11.2. The van der Waals surface area contributed by atoms with Crippen LogP contribution in [-0.4, -0.2) is 14.9 Å². The predicted octanol–water partition coefficient (Wildman–Crippen LogP) is 4.39. The van der Waals surface area contributed by atoms with Gasteiger partial charge in [-0.25, -0.2) is 4.98 Å². The smallest absolute Gasteiger partial charge is 0.406 e. The van der Waals surface area contributed by atoms with Crippen molar-refractivity contribution in [1.29, 1.82) is 0 Å². The van der Waals surface area contributed by atoms with Gasteiger partial charge in [-0.1, -0.05) is 17.7 Å². The molecule has 0 aliphatic carbocycles. The topological polar surface area (TPSA) is 90.2 Å². The van der Waals surface area contributed by atoms with Crippen molar-refractivity contribution >= 4 is 28.0 Å². The van der Waals surface area contributed by atoms with E-state index in [1.54, 1.807) is 19.1 Å². The van der Waals surface area contributed by atoms with Crippen molar-refractivity contribution in [1.82, 2.24) is 9.97 Å². The van der Waals surface area contributed by atoms with Crippen LogP contribution in [0.1, 0.15) is 17.0 Å². The molecule has 3 rings (SSSR count). The highest BCUT2D eigenvalue weighted by molar-refractivity contribution is 7.13. The number of aryl methyl sites for hydroxylation is 2. The van der Waals surface area contributed by atoms with E-state index in [9.17, 15) is 10.1 Å². The molecular formula is C17H16N4O3S. The fourth-order valence-corrected chi connectivity index (χ4v) is 2.83. The van der Waals surface area contributed by atoms with Crippen LogP contribution >= 0.6 is 11.3 Å². The quantitative estimate of drug-likeness (QED) is 0.520. The molecule has 0 unspecified atom stereocenters. The Morgan fingerprint density at radius 2 is 1.92 bits per heavy atom. The molecule has 0 aliphatic rings. The molecule has 7 nitrogen and oxygen atoms in total. The summed E-state index contributed by atoms with van der Waals surface area (Å²) >= 11 is 1.44. The first-order valence-electron chi connectivity index (χ1n) is 7.54. The van der Waals surface area contributed by atoms with E-state index < -0.39 is 4.92 Å². The summed E-state index contributed by atoms with van der Waals surface area (Å²) in [5, 5.41) is 16.9. The zero-order chi connectivity index (χ0) is 17.8. The molecule has 0 saturated heterocycles. The maximum absolute atomic E-state index is 11.1. The molecular weight excluding hydrogens is 340 g/mol. The van der Waals surface area contributed by atoms with Gasteiger partial charge in [-0.15, -0.1) is 11.3 Å². The molecule has 0 fully saturated rings. The number of nitrogens with one attached hydrogen (secondary N) is 1. The van der Waals surface area contributed by atoms with Crippen molar-refractivity contribution in [3.8, 4) is 5.75 Å². The SMILES string of the molecule is Cc1ccc(Nc2nc(COc3ccc(C)nc3[N+](=O)[O-])cs2)cc1. The number of nitrogens with zero attached hydrogens (tertiary/aromatic N) is 3. The molecule has 2 aromatic heterocycles. The Hall–Kier alpha value is -3.00. The molecule has 2 heterocycles. The molecule has 8 heteroatoms. The van der Waals surface area contributed by atoms with Crippen LogP contribution in [0.3, 0.4) is 0 Å². The molecule has 0 amide bonds. The van der Waals surface area contributed by atoms with Crippen LogP contribution in [0, 0.1) is 24.0 Å². The lowest BCUT2D eigenvalue weighted by molar-refractivity contribution is -0.390. The Morgan fingerprint density at radius 3 is 2.64 bits per heavy atom. The van der Waals surface area contributed by atoms with E-state index >= 15 is 0 Å². The van der Waals surface area contributed by atoms with Crippen molar-refractivity contribution in [3.05, 3.63) is 68.8 Å². The second-order valence-electron chi connectivity index (χ2n) is 5.46. The van der Waals surface area contributed by atoms with Gasteiger partial charge < -0.3 is 20.2 Å². The van der Waals surface area contributed by atoms with Gasteiger partial charge in [0.15, 0.2) is 5.13 Å². The third kappa shape index (κ3) is 4.30. The molecule has 3 aromatic rings. The molecule has 0 bridgehead atoms. The van der Waals surface area contributed by atoms with Gasteiger partial charge in [0.2, 0.25) is 5.75 Å². The second kappa shape index (κ2) is 7.27. The van der Waals surface area contributed by atoms with Crippen molar-refractivity contribution in [3.63, 3.8) is 0 Å². The van der Waals surface area contributed by atoms with Crippen molar-refractivity contribution in [2.45, 2.75) is 20.5 Å². The molecule has 1 aromatic carbocycles. The van der Waals surface area contributed by atoms with Crippen LogP contribution in [0.4, 0.5) is 16.6 Å². The monoisotopic (exact) mass is 356 g/mol. The van der Waals surface area contributed by atoms with E-state index in [2.05, 4.69) is 15.3 Å². The lowest BCUT2D eigenvalue weighted by Gasteiger charge is -2.05. The third-order valence-corrected chi connectivity index (χ3v) is 4.19. The number of nitro groups is 1. The number of anilines is 2. The fourth-order valence-electron chi connectivity index (χ4n) is 2.12. The Labute approximate surface area is 148 Å². The van der Waals surface area contributed by atoms with Gasteiger partial charge in [-0.3, -0.25) is 0 Å². The number of pyridine rings is 1. The molecule has 0 atom stereocenters. The van der Waals surface area contributed by atoms with Crippen LogP contribution in [0.5, 0.6) is 5.75 Å². The zero-order valence-electron chi connectivity index (χ0n) is 13.7. The van der Waals surface area contributed by atoms with Gasteiger partial charge >= 0.3 is 5.82 Å². The zero-order valence-corrected chi connectivity index (χ0v) is 14.5. The summed E-state index contributed by atoms with van der Waals surface area (Å²) in [4.78, 5) is 18.8. The number of hydrogen-bond donors (Lipinski definition) is 1. The first-order chi connectivity index (χ1) is 12.0. The van der Waals surface area contributed by atoms with Gasteiger partial charge in [-0.05, 0) is 41.1 Å². The van der Waals surface area contributed by atoms with E-state index in [0.29, 0.717) is 11.4 Å². The average molecular weight is 356 g/mol. The van der Waals surface area contributed by atoms with E-state index in [0.717, 1.165) is 10.8 Å². The number of thiazole rings is 1. The van der Waals surface area contributed by atoms with Crippen molar-refractivity contribution < 1.29 is 9.66 Å². The predicted molar refractivity (Wildman–Crippen MR) is 96.5 cm³/mol. The highest BCUT2D eigenvalue weighted by Gasteiger charge is 2.18. The summed E-state index contributed by atoms with van der Waals surface area (Å²) in [6.07, 6.45) is 0. The van der Waals surface area contributed by atoms with E-state index in [-0.39, 0.29) is 18.2 Å². The van der Waals surface area contributed by atoms with E-state index in [4.69, 9.17) is 4.74 Å². The molecule has 0 radical (unpaired) electrons. The van der Waals surface area contributed by atoms with Gasteiger partial charge in [0.1, 0.15) is 12.3 Å². The number of benzene rings is 1. The number of aromatic nitrogens is 2. The first-order valence-corrected chi connectivity index (χ1v) is 8.42. The molecule has 0 saturated carbocycles. The Morgan fingerprint density at radius 1 is 1.16 bits per heavy atom. The van der Waals surface area contributed by atoms with Crippen molar-refractivity contribution in [2.75, 3.05) is 5.32 Å². The maximum Gasteiger partial charge on any atom is 0.406 e. The molecule has 0 aliphatic heterocycles. The first kappa shape index (κ1) is 16.8. The molecule has 25 heavy (non-hydrogen) atoms. The fraction of sp³-hybridized carbons (Fsp3) is 0.176. The van der Waals surface area contributed by atoms with Gasteiger partial charge in [0.25, 0.3) is 0 Å². The lowest BCUT2D eigenvalue weighted by atomic mass is 10.2. The van der Waals surface area contributed by atoms with E-state index in [1.807, 2.05) is 36.6 Å². The average Bonchev–Trinajstić information content (AvgIpc) is 3.03. The molecule has 0 spiro atoms. The molecule has 1 N–H and O–H groups in total. The van der Waals surface area contributed by atoms with Crippen LogP contribution in [0.2, 0.25) is 0 Å². The standard InChI is InChI=1S/C17H16N4O3S/c1-11-3-6-13(7-4-11)19-17-20-14(10-25-17)9-24-15-8-5-12(2)18-16(15)21(22)23/h3-8,10H,9H2,1-2H3,(H,19,20).